The SMILES string of the molecule is O=C(Cc1csc(-c2ccc(Cl)cc2)n1)Nc1ccc(S(=O)(=O)N2CCCC2)cc1. The molecule has 0 radical (unpaired) electrons. The van der Waals surface area contributed by atoms with Gasteiger partial charge in [0.15, 0.2) is 0 Å². The molecule has 0 aliphatic carbocycles. The van der Waals surface area contributed by atoms with E-state index in [4.69, 9.17) is 11.6 Å². The minimum absolute atomic E-state index is 0.137. The van der Waals surface area contributed by atoms with Crippen molar-refractivity contribution in [1.29, 1.82) is 0 Å². The van der Waals surface area contributed by atoms with Crippen molar-refractivity contribution in [2.75, 3.05) is 18.4 Å². The Kier molecular flexibility index (Phi) is 6.19. The third-order valence-corrected chi connectivity index (χ3v) is 7.93. The molecule has 6 nitrogen and oxygen atoms in total. The maximum absolute atomic E-state index is 12.6. The lowest BCUT2D eigenvalue weighted by molar-refractivity contribution is -0.115. The van der Waals surface area contributed by atoms with Crippen LogP contribution in [0.25, 0.3) is 10.6 Å². The number of carbonyl (C=O) groups excluding carboxylic acids is 1. The molecule has 1 aliphatic heterocycles. The zero-order chi connectivity index (χ0) is 21.1. The van der Waals surface area contributed by atoms with Gasteiger partial charge < -0.3 is 5.32 Å². The number of nitrogens with one attached hydrogen (secondary N) is 1. The number of benzene rings is 2. The van der Waals surface area contributed by atoms with Gasteiger partial charge in [-0.05, 0) is 49.2 Å². The number of halogens is 1. The van der Waals surface area contributed by atoms with Crippen molar-refractivity contribution in [3.63, 3.8) is 0 Å². The van der Waals surface area contributed by atoms with Crippen LogP contribution < -0.4 is 5.32 Å². The summed E-state index contributed by atoms with van der Waals surface area (Å²) >= 11 is 7.38. The number of carbonyl (C=O) groups is 1. The van der Waals surface area contributed by atoms with Crippen molar-refractivity contribution < 1.29 is 13.2 Å². The van der Waals surface area contributed by atoms with E-state index in [1.54, 1.807) is 24.3 Å². The molecule has 0 spiro atoms. The number of hydrogen-bond acceptors (Lipinski definition) is 5. The van der Waals surface area contributed by atoms with Gasteiger partial charge in [0.25, 0.3) is 0 Å². The van der Waals surface area contributed by atoms with E-state index < -0.39 is 10.0 Å². The molecular formula is C21H20ClN3O3S2. The van der Waals surface area contributed by atoms with Gasteiger partial charge in [-0.15, -0.1) is 11.3 Å². The highest BCUT2D eigenvalue weighted by atomic mass is 35.5. The lowest BCUT2D eigenvalue weighted by atomic mass is 10.2. The van der Waals surface area contributed by atoms with E-state index >= 15 is 0 Å². The summed E-state index contributed by atoms with van der Waals surface area (Å²) in [6.07, 6.45) is 1.92. The highest BCUT2D eigenvalue weighted by Crippen LogP contribution is 2.26. The average Bonchev–Trinajstić information content (AvgIpc) is 3.41. The van der Waals surface area contributed by atoms with E-state index in [0.717, 1.165) is 23.4 Å². The number of anilines is 1. The topological polar surface area (TPSA) is 79.4 Å². The third-order valence-electron chi connectivity index (χ3n) is 4.83. The van der Waals surface area contributed by atoms with Crippen LogP contribution in [0.2, 0.25) is 5.02 Å². The second-order valence-corrected chi connectivity index (χ2v) is 10.2. The number of aromatic nitrogens is 1. The molecule has 1 fully saturated rings. The molecule has 0 bridgehead atoms. The minimum atomic E-state index is -3.46. The van der Waals surface area contributed by atoms with Crippen LogP contribution in [-0.2, 0) is 21.2 Å². The molecule has 1 saturated heterocycles. The molecule has 4 rings (SSSR count). The van der Waals surface area contributed by atoms with Crippen molar-refractivity contribution in [2.45, 2.75) is 24.2 Å². The minimum Gasteiger partial charge on any atom is -0.326 e. The van der Waals surface area contributed by atoms with Crippen LogP contribution in [0, 0.1) is 0 Å². The molecule has 1 N–H and O–H groups in total. The first-order valence-corrected chi connectivity index (χ1v) is 12.2. The first kappa shape index (κ1) is 21.0. The second-order valence-electron chi connectivity index (χ2n) is 7.01. The Morgan fingerprint density at radius 1 is 1.07 bits per heavy atom. The van der Waals surface area contributed by atoms with Gasteiger partial charge in [0.05, 0.1) is 17.0 Å². The van der Waals surface area contributed by atoms with Crippen LogP contribution in [0.1, 0.15) is 18.5 Å². The number of thiazole rings is 1. The Morgan fingerprint density at radius 2 is 1.73 bits per heavy atom. The third kappa shape index (κ3) is 4.73. The predicted molar refractivity (Wildman–Crippen MR) is 119 cm³/mol. The fourth-order valence-electron chi connectivity index (χ4n) is 3.27. The van der Waals surface area contributed by atoms with Crippen LogP contribution >= 0.6 is 22.9 Å². The number of hydrogen-bond donors (Lipinski definition) is 1. The van der Waals surface area contributed by atoms with Gasteiger partial charge in [0.2, 0.25) is 15.9 Å². The van der Waals surface area contributed by atoms with E-state index in [-0.39, 0.29) is 17.2 Å². The molecule has 156 valence electrons. The van der Waals surface area contributed by atoms with Crippen LogP contribution in [0.4, 0.5) is 5.69 Å². The van der Waals surface area contributed by atoms with Crippen molar-refractivity contribution >= 4 is 44.6 Å². The van der Waals surface area contributed by atoms with E-state index in [0.29, 0.717) is 29.5 Å². The largest absolute Gasteiger partial charge is 0.326 e. The summed E-state index contributed by atoms with van der Waals surface area (Å²) in [6.45, 7) is 1.12. The van der Waals surface area contributed by atoms with Crippen molar-refractivity contribution in [1.82, 2.24) is 9.29 Å². The summed E-state index contributed by atoms with van der Waals surface area (Å²) in [6, 6.07) is 13.7. The molecule has 2 aromatic carbocycles. The summed E-state index contributed by atoms with van der Waals surface area (Å²) < 4.78 is 26.6. The van der Waals surface area contributed by atoms with Gasteiger partial charge >= 0.3 is 0 Å². The Balaban J connectivity index is 1.38. The second kappa shape index (κ2) is 8.85. The summed E-state index contributed by atoms with van der Waals surface area (Å²) in [5.74, 6) is -0.210. The predicted octanol–water partition coefficient (Wildman–Crippen LogP) is 4.43. The molecule has 1 aliphatic rings. The van der Waals surface area contributed by atoms with Gasteiger partial charge in [-0.2, -0.15) is 4.31 Å². The van der Waals surface area contributed by atoms with Crippen LogP contribution in [0.5, 0.6) is 0 Å². The molecule has 1 amide bonds. The summed E-state index contributed by atoms with van der Waals surface area (Å²) in [4.78, 5) is 17.1. The fraction of sp³-hybridized carbons (Fsp3) is 0.238. The van der Waals surface area contributed by atoms with Crippen molar-refractivity contribution in [3.05, 3.63) is 64.6 Å². The zero-order valence-corrected chi connectivity index (χ0v) is 18.4. The molecule has 0 saturated carbocycles. The molecule has 0 atom stereocenters. The summed E-state index contributed by atoms with van der Waals surface area (Å²) in [5, 5.41) is 6.14. The number of sulfonamides is 1. The van der Waals surface area contributed by atoms with Gasteiger partial charge in [-0.3, -0.25) is 4.79 Å². The lowest BCUT2D eigenvalue weighted by Crippen LogP contribution is -2.27. The molecule has 3 aromatic rings. The standard InChI is InChI=1S/C21H20ClN3O3S2/c22-16-5-3-15(4-6-16)21-24-18(14-29-21)13-20(26)23-17-7-9-19(10-8-17)30(27,28)25-11-1-2-12-25/h3-10,14H,1-2,11-13H2,(H,23,26). The lowest BCUT2D eigenvalue weighted by Gasteiger charge is -2.15. The maximum atomic E-state index is 12.6. The van der Waals surface area contributed by atoms with Gasteiger partial charge in [0.1, 0.15) is 5.01 Å². The summed E-state index contributed by atoms with van der Waals surface area (Å²) in [5.41, 5.74) is 2.18. The normalized spacial score (nSPS) is 14.7. The first-order chi connectivity index (χ1) is 14.4. The fourth-order valence-corrected chi connectivity index (χ4v) is 5.74. The Hall–Kier alpha value is -2.26. The zero-order valence-electron chi connectivity index (χ0n) is 16.0. The van der Waals surface area contributed by atoms with Gasteiger partial charge in [-0.1, -0.05) is 23.7 Å². The quantitative estimate of drug-likeness (QED) is 0.589. The molecule has 0 unspecified atom stereocenters. The highest BCUT2D eigenvalue weighted by Gasteiger charge is 2.26. The molecule has 30 heavy (non-hydrogen) atoms. The number of nitrogens with zero attached hydrogens (tertiary/aromatic N) is 2. The number of amides is 1. The average molecular weight is 462 g/mol. The summed E-state index contributed by atoms with van der Waals surface area (Å²) in [7, 11) is -3.46. The Labute approximate surface area is 184 Å². The monoisotopic (exact) mass is 461 g/mol. The van der Waals surface area contributed by atoms with E-state index in [1.807, 2.05) is 17.5 Å². The Morgan fingerprint density at radius 3 is 2.40 bits per heavy atom. The number of rotatable bonds is 6. The molecule has 2 heterocycles. The van der Waals surface area contributed by atoms with Gasteiger partial charge in [-0.25, -0.2) is 13.4 Å². The van der Waals surface area contributed by atoms with E-state index in [2.05, 4.69) is 10.3 Å². The molecule has 9 heteroatoms. The molecular weight excluding hydrogens is 442 g/mol. The highest BCUT2D eigenvalue weighted by molar-refractivity contribution is 7.89. The first-order valence-electron chi connectivity index (χ1n) is 9.52. The van der Waals surface area contributed by atoms with E-state index in [1.165, 1.54) is 27.8 Å². The van der Waals surface area contributed by atoms with Crippen LogP contribution in [0.3, 0.4) is 0 Å². The van der Waals surface area contributed by atoms with Crippen LogP contribution in [0.15, 0.2) is 58.8 Å². The van der Waals surface area contributed by atoms with Crippen LogP contribution in [-0.4, -0.2) is 36.7 Å². The van der Waals surface area contributed by atoms with E-state index in [9.17, 15) is 13.2 Å². The molecule has 1 aromatic heterocycles. The smallest absolute Gasteiger partial charge is 0.243 e. The van der Waals surface area contributed by atoms with Crippen molar-refractivity contribution in [3.8, 4) is 10.6 Å². The maximum Gasteiger partial charge on any atom is 0.243 e. The Bertz CT molecular complexity index is 1140. The van der Waals surface area contributed by atoms with Crippen molar-refractivity contribution in [2.24, 2.45) is 0 Å². The van der Waals surface area contributed by atoms with Gasteiger partial charge in [0, 0.05) is 34.7 Å².